The molecule has 0 aliphatic carbocycles. The fourth-order valence-electron chi connectivity index (χ4n) is 7.16. The number of furan rings is 1. The van der Waals surface area contributed by atoms with E-state index in [1.54, 1.807) is 0 Å². The van der Waals surface area contributed by atoms with Gasteiger partial charge in [-0.15, -0.1) is 0 Å². The Labute approximate surface area is 294 Å². The van der Waals surface area contributed by atoms with Crippen LogP contribution >= 0.6 is 0 Å². The molecule has 8 aromatic carbocycles. The quantitative estimate of drug-likeness (QED) is 0.179. The van der Waals surface area contributed by atoms with Crippen LogP contribution in [0.3, 0.4) is 0 Å². The second-order valence-corrected chi connectivity index (χ2v) is 12.8. The zero-order valence-electron chi connectivity index (χ0n) is 27.5. The maximum absolute atomic E-state index is 6.30. The molecule has 0 saturated heterocycles. The Morgan fingerprint density at radius 3 is 1.88 bits per heavy atom. The molecule has 4 nitrogen and oxygen atoms in total. The molecule has 10 rings (SSSR count). The van der Waals surface area contributed by atoms with E-state index in [0.29, 0.717) is 11.5 Å². The number of hydrogen-bond acceptors (Lipinski definition) is 4. The molecule has 2 heterocycles. The van der Waals surface area contributed by atoms with Crippen molar-refractivity contribution < 1.29 is 8.83 Å². The normalized spacial score (nSPS) is 11.5. The Morgan fingerprint density at radius 2 is 1.06 bits per heavy atom. The van der Waals surface area contributed by atoms with Gasteiger partial charge in [-0.25, -0.2) is 4.98 Å². The molecule has 0 spiro atoms. The summed E-state index contributed by atoms with van der Waals surface area (Å²) in [5.74, 6) is 0.604. The van der Waals surface area contributed by atoms with Gasteiger partial charge in [0.15, 0.2) is 5.58 Å². The summed E-state index contributed by atoms with van der Waals surface area (Å²) in [4.78, 5) is 7.16. The van der Waals surface area contributed by atoms with Crippen LogP contribution in [0.5, 0.6) is 0 Å². The fourth-order valence-corrected chi connectivity index (χ4v) is 7.16. The molecule has 0 N–H and O–H groups in total. The molecule has 0 aliphatic rings. The highest BCUT2D eigenvalue weighted by Crippen LogP contribution is 2.42. The van der Waals surface area contributed by atoms with Crippen molar-refractivity contribution in [3.8, 4) is 33.7 Å². The molecule has 0 fully saturated rings. The first-order chi connectivity index (χ1) is 25.2. The van der Waals surface area contributed by atoms with Crippen LogP contribution in [0.1, 0.15) is 0 Å². The van der Waals surface area contributed by atoms with Crippen LogP contribution in [-0.2, 0) is 0 Å². The smallest absolute Gasteiger partial charge is 0.227 e. The van der Waals surface area contributed by atoms with Gasteiger partial charge >= 0.3 is 0 Å². The second kappa shape index (κ2) is 11.9. The lowest BCUT2D eigenvalue weighted by Gasteiger charge is -2.28. The van der Waals surface area contributed by atoms with E-state index in [4.69, 9.17) is 13.8 Å². The van der Waals surface area contributed by atoms with Crippen molar-refractivity contribution in [1.29, 1.82) is 0 Å². The van der Waals surface area contributed by atoms with E-state index in [1.165, 1.54) is 21.9 Å². The molecular formula is C47H30N2O2. The molecule has 51 heavy (non-hydrogen) atoms. The summed E-state index contributed by atoms with van der Waals surface area (Å²) in [6.45, 7) is 0. The monoisotopic (exact) mass is 654 g/mol. The maximum Gasteiger partial charge on any atom is 0.227 e. The van der Waals surface area contributed by atoms with Gasteiger partial charge in [-0.2, -0.15) is 0 Å². The number of para-hydroxylation sites is 1. The number of nitrogens with zero attached hydrogens (tertiary/aromatic N) is 2. The fraction of sp³-hybridized carbons (Fsp3) is 0. The Balaban J connectivity index is 1.06. The third-order valence-corrected chi connectivity index (χ3v) is 9.68. The SMILES string of the molecule is c1ccc(-c2nc3cc4c(cc3o2)oc2ccc(-c3ccc(N(c5ccc6ccccc6c5)c5ccccc5-c5ccccc5)cc3)cc24)cc1. The summed E-state index contributed by atoms with van der Waals surface area (Å²) >= 11 is 0. The molecule has 4 heteroatoms. The van der Waals surface area contributed by atoms with Gasteiger partial charge in [0.05, 0.1) is 5.69 Å². The first-order valence-electron chi connectivity index (χ1n) is 17.1. The summed E-state index contributed by atoms with van der Waals surface area (Å²) in [7, 11) is 0. The number of benzene rings is 8. The van der Waals surface area contributed by atoms with Crippen molar-refractivity contribution in [2.24, 2.45) is 0 Å². The van der Waals surface area contributed by atoms with E-state index in [1.807, 2.05) is 36.4 Å². The molecule has 0 unspecified atom stereocenters. The molecular weight excluding hydrogens is 625 g/mol. The van der Waals surface area contributed by atoms with Crippen molar-refractivity contribution in [1.82, 2.24) is 4.98 Å². The Kier molecular flexibility index (Phi) is 6.78. The van der Waals surface area contributed by atoms with Gasteiger partial charge in [0.25, 0.3) is 0 Å². The minimum atomic E-state index is 0.604. The Bertz CT molecular complexity index is 2850. The van der Waals surface area contributed by atoms with Crippen LogP contribution in [0.15, 0.2) is 191 Å². The molecule has 10 aromatic rings. The van der Waals surface area contributed by atoms with Gasteiger partial charge < -0.3 is 13.7 Å². The molecule has 0 radical (unpaired) electrons. The van der Waals surface area contributed by atoms with Crippen molar-refractivity contribution in [3.05, 3.63) is 182 Å². The molecule has 240 valence electrons. The van der Waals surface area contributed by atoms with Gasteiger partial charge in [-0.05, 0) is 88.1 Å². The van der Waals surface area contributed by atoms with Crippen molar-refractivity contribution in [3.63, 3.8) is 0 Å². The summed E-state index contributed by atoms with van der Waals surface area (Å²) in [6, 6.07) is 63.7. The highest BCUT2D eigenvalue weighted by molar-refractivity contribution is 6.10. The number of hydrogen-bond donors (Lipinski definition) is 0. The van der Waals surface area contributed by atoms with Gasteiger partial charge in [-0.1, -0.05) is 115 Å². The number of anilines is 3. The predicted molar refractivity (Wildman–Crippen MR) is 210 cm³/mol. The van der Waals surface area contributed by atoms with Gasteiger partial charge in [0, 0.05) is 39.3 Å². The third-order valence-electron chi connectivity index (χ3n) is 9.68. The molecule has 0 bridgehead atoms. The summed E-state index contributed by atoms with van der Waals surface area (Å²) < 4.78 is 12.4. The summed E-state index contributed by atoms with van der Waals surface area (Å²) in [6.07, 6.45) is 0. The zero-order valence-corrected chi connectivity index (χ0v) is 27.5. The van der Waals surface area contributed by atoms with Crippen LogP contribution in [0, 0.1) is 0 Å². The maximum atomic E-state index is 6.30. The molecule has 2 aromatic heterocycles. The summed E-state index contributed by atoms with van der Waals surface area (Å²) in [5, 5.41) is 4.49. The highest BCUT2D eigenvalue weighted by atomic mass is 16.4. The summed E-state index contributed by atoms with van der Waals surface area (Å²) in [5.41, 5.74) is 12.0. The predicted octanol–water partition coefficient (Wildman–Crippen LogP) is 13.4. The third kappa shape index (κ3) is 5.13. The van der Waals surface area contributed by atoms with Crippen LogP contribution < -0.4 is 4.90 Å². The van der Waals surface area contributed by atoms with E-state index in [0.717, 1.165) is 61.2 Å². The van der Waals surface area contributed by atoms with Gasteiger partial charge in [-0.3, -0.25) is 0 Å². The largest absolute Gasteiger partial charge is 0.456 e. The number of oxazole rings is 1. The molecule has 0 amide bonds. The topological polar surface area (TPSA) is 42.4 Å². The van der Waals surface area contributed by atoms with E-state index in [9.17, 15) is 0 Å². The number of rotatable bonds is 6. The lowest BCUT2D eigenvalue weighted by molar-refractivity contribution is 0.617. The van der Waals surface area contributed by atoms with E-state index >= 15 is 0 Å². The van der Waals surface area contributed by atoms with E-state index in [-0.39, 0.29) is 0 Å². The van der Waals surface area contributed by atoms with Crippen LogP contribution in [0.25, 0.3) is 77.5 Å². The van der Waals surface area contributed by atoms with Crippen molar-refractivity contribution >= 4 is 60.9 Å². The van der Waals surface area contributed by atoms with Gasteiger partial charge in [0.2, 0.25) is 5.89 Å². The lowest BCUT2D eigenvalue weighted by Crippen LogP contribution is -2.11. The van der Waals surface area contributed by atoms with E-state index < -0.39 is 0 Å². The molecule has 0 atom stereocenters. The van der Waals surface area contributed by atoms with Crippen molar-refractivity contribution in [2.75, 3.05) is 4.90 Å². The van der Waals surface area contributed by atoms with Crippen molar-refractivity contribution in [2.45, 2.75) is 0 Å². The minimum Gasteiger partial charge on any atom is -0.456 e. The average Bonchev–Trinajstić information content (AvgIpc) is 3.78. The Morgan fingerprint density at radius 1 is 0.392 bits per heavy atom. The van der Waals surface area contributed by atoms with E-state index in [2.05, 4.69) is 150 Å². The van der Waals surface area contributed by atoms with Crippen LogP contribution in [-0.4, -0.2) is 4.98 Å². The first kappa shape index (κ1) is 29.0. The first-order valence-corrected chi connectivity index (χ1v) is 17.1. The minimum absolute atomic E-state index is 0.604. The van der Waals surface area contributed by atoms with Crippen LogP contribution in [0.2, 0.25) is 0 Å². The van der Waals surface area contributed by atoms with Gasteiger partial charge in [0.1, 0.15) is 16.7 Å². The average molecular weight is 655 g/mol. The highest BCUT2D eigenvalue weighted by Gasteiger charge is 2.18. The second-order valence-electron chi connectivity index (χ2n) is 12.8. The standard InChI is InChI=1S/C47H30N2O2/c1-3-12-33(13-4-1)39-17-9-10-18-43(39)49(38-25-21-31-11-7-8-16-35(31)27-38)37-23-19-32(20-24-37)36-22-26-44-40(28-36)41-29-42-46(30-45(41)50-44)51-47(48-42)34-14-5-2-6-15-34/h1-30H. The molecule has 0 aliphatic heterocycles. The lowest BCUT2D eigenvalue weighted by atomic mass is 10.00. The van der Waals surface area contributed by atoms with Crippen LogP contribution in [0.4, 0.5) is 17.1 Å². The number of fused-ring (bicyclic) bond motifs is 5. The molecule has 0 saturated carbocycles. The zero-order chi connectivity index (χ0) is 33.7. The number of aromatic nitrogens is 1. The Hall–Kier alpha value is -6.91.